The van der Waals surface area contributed by atoms with E-state index in [1.807, 2.05) is 35.1 Å². The van der Waals surface area contributed by atoms with Crippen LogP contribution in [-0.4, -0.2) is 16.4 Å². The Morgan fingerprint density at radius 3 is 2.75 bits per heavy atom. The molecule has 0 atom stereocenters. The van der Waals surface area contributed by atoms with Crippen LogP contribution in [0.4, 0.5) is 0 Å². The summed E-state index contributed by atoms with van der Waals surface area (Å²) in [6.45, 7) is 3.60. The van der Waals surface area contributed by atoms with Crippen LogP contribution in [-0.2, 0) is 6.54 Å². The van der Waals surface area contributed by atoms with Gasteiger partial charge in [-0.15, -0.1) is 5.10 Å². The van der Waals surface area contributed by atoms with Gasteiger partial charge in [-0.3, -0.25) is 4.68 Å². The van der Waals surface area contributed by atoms with Crippen LogP contribution in [0.25, 0.3) is 0 Å². The summed E-state index contributed by atoms with van der Waals surface area (Å²) >= 11 is 0. The summed E-state index contributed by atoms with van der Waals surface area (Å²) in [5, 5.41) is 4.34. The van der Waals surface area contributed by atoms with Gasteiger partial charge in [-0.2, -0.15) is 0 Å². The van der Waals surface area contributed by atoms with Crippen LogP contribution >= 0.6 is 0 Å². The predicted molar refractivity (Wildman–Crippen MR) is 63.6 cm³/mol. The van der Waals surface area contributed by atoms with Crippen LogP contribution in [0, 0.1) is 0 Å². The monoisotopic (exact) mass is 216 g/mol. The molecular formula is C13H16N2O. The molecule has 84 valence electrons. The van der Waals surface area contributed by atoms with Crippen LogP contribution in [0.2, 0.25) is 0 Å². The standard InChI is InChI=1S/C13H16N2O/c1-2-10-16-13-8-9-15(14-13)11-12-6-4-3-5-7-12/h3-9H,2,10-11H2,1H3. The van der Waals surface area contributed by atoms with E-state index in [0.29, 0.717) is 5.88 Å². The van der Waals surface area contributed by atoms with E-state index in [0.717, 1.165) is 19.6 Å². The fourth-order valence-corrected chi connectivity index (χ4v) is 1.49. The van der Waals surface area contributed by atoms with Gasteiger partial charge in [0.25, 0.3) is 0 Å². The average molecular weight is 216 g/mol. The van der Waals surface area contributed by atoms with Crippen LogP contribution in [0.1, 0.15) is 18.9 Å². The molecule has 2 aromatic rings. The summed E-state index contributed by atoms with van der Waals surface area (Å²) in [5.74, 6) is 0.706. The van der Waals surface area contributed by atoms with Gasteiger partial charge in [-0.25, -0.2) is 0 Å². The summed E-state index contributed by atoms with van der Waals surface area (Å²) in [4.78, 5) is 0. The fourth-order valence-electron chi connectivity index (χ4n) is 1.49. The number of rotatable bonds is 5. The number of aromatic nitrogens is 2. The number of benzene rings is 1. The quantitative estimate of drug-likeness (QED) is 0.768. The van der Waals surface area contributed by atoms with Gasteiger partial charge >= 0.3 is 0 Å². The molecule has 0 aliphatic rings. The molecule has 0 saturated carbocycles. The SMILES string of the molecule is CCCOc1ccn(Cc2ccccc2)n1. The normalized spacial score (nSPS) is 10.3. The summed E-state index contributed by atoms with van der Waals surface area (Å²) in [6.07, 6.45) is 2.95. The molecule has 0 aliphatic heterocycles. The lowest BCUT2D eigenvalue weighted by molar-refractivity contribution is 0.301. The minimum atomic E-state index is 0.706. The Kier molecular flexibility index (Phi) is 3.59. The molecule has 1 aromatic heterocycles. The lowest BCUT2D eigenvalue weighted by Crippen LogP contribution is -2.01. The summed E-state index contributed by atoms with van der Waals surface area (Å²) in [5.41, 5.74) is 1.24. The lowest BCUT2D eigenvalue weighted by Gasteiger charge is -2.01. The third-order valence-electron chi connectivity index (χ3n) is 2.26. The van der Waals surface area contributed by atoms with Gasteiger partial charge < -0.3 is 4.74 Å². The van der Waals surface area contributed by atoms with Crippen LogP contribution in [0.3, 0.4) is 0 Å². The Hall–Kier alpha value is -1.77. The minimum absolute atomic E-state index is 0.706. The molecule has 0 spiro atoms. The van der Waals surface area contributed by atoms with E-state index in [1.165, 1.54) is 5.56 Å². The number of ether oxygens (including phenoxy) is 1. The van der Waals surface area contributed by atoms with E-state index in [4.69, 9.17) is 4.74 Å². The van der Waals surface area contributed by atoms with E-state index in [2.05, 4.69) is 24.2 Å². The Morgan fingerprint density at radius 2 is 2.00 bits per heavy atom. The van der Waals surface area contributed by atoms with Crippen molar-refractivity contribution >= 4 is 0 Å². The van der Waals surface area contributed by atoms with Gasteiger partial charge in [0.05, 0.1) is 13.2 Å². The highest BCUT2D eigenvalue weighted by Gasteiger charge is 1.99. The zero-order valence-electron chi connectivity index (χ0n) is 9.47. The molecule has 3 nitrogen and oxygen atoms in total. The first-order chi connectivity index (χ1) is 7.88. The molecule has 16 heavy (non-hydrogen) atoms. The molecule has 0 fully saturated rings. The molecule has 0 amide bonds. The average Bonchev–Trinajstić information content (AvgIpc) is 2.75. The van der Waals surface area contributed by atoms with Gasteiger partial charge in [-0.1, -0.05) is 37.3 Å². The van der Waals surface area contributed by atoms with Gasteiger partial charge in [0.15, 0.2) is 0 Å². The largest absolute Gasteiger partial charge is 0.477 e. The lowest BCUT2D eigenvalue weighted by atomic mass is 10.2. The molecule has 0 radical (unpaired) electrons. The minimum Gasteiger partial charge on any atom is -0.477 e. The van der Waals surface area contributed by atoms with E-state index in [-0.39, 0.29) is 0 Å². The smallest absolute Gasteiger partial charge is 0.232 e. The summed E-state index contributed by atoms with van der Waals surface area (Å²) in [6, 6.07) is 12.2. The number of nitrogens with zero attached hydrogens (tertiary/aromatic N) is 2. The van der Waals surface area contributed by atoms with Gasteiger partial charge in [0, 0.05) is 12.3 Å². The maximum absolute atomic E-state index is 5.44. The zero-order chi connectivity index (χ0) is 11.2. The molecular weight excluding hydrogens is 200 g/mol. The van der Waals surface area contributed by atoms with Crippen molar-refractivity contribution < 1.29 is 4.74 Å². The molecule has 0 saturated heterocycles. The molecule has 1 aromatic carbocycles. The molecule has 3 heteroatoms. The molecule has 0 N–H and O–H groups in total. The van der Waals surface area contributed by atoms with Crippen molar-refractivity contribution in [1.29, 1.82) is 0 Å². The van der Waals surface area contributed by atoms with Crippen LogP contribution < -0.4 is 4.74 Å². The zero-order valence-corrected chi connectivity index (χ0v) is 9.47. The third-order valence-corrected chi connectivity index (χ3v) is 2.26. The highest BCUT2D eigenvalue weighted by molar-refractivity contribution is 5.15. The molecule has 2 rings (SSSR count). The third kappa shape index (κ3) is 2.86. The van der Waals surface area contributed by atoms with Gasteiger partial charge in [-0.05, 0) is 12.0 Å². The van der Waals surface area contributed by atoms with E-state index in [1.54, 1.807) is 0 Å². The van der Waals surface area contributed by atoms with Crippen molar-refractivity contribution in [2.75, 3.05) is 6.61 Å². The van der Waals surface area contributed by atoms with Crippen molar-refractivity contribution in [3.8, 4) is 5.88 Å². The first-order valence-electron chi connectivity index (χ1n) is 5.58. The Bertz CT molecular complexity index is 423. The maximum atomic E-state index is 5.44. The summed E-state index contributed by atoms with van der Waals surface area (Å²) < 4.78 is 7.33. The first-order valence-corrected chi connectivity index (χ1v) is 5.58. The molecule has 0 aliphatic carbocycles. The second kappa shape index (κ2) is 5.35. The number of hydrogen-bond donors (Lipinski definition) is 0. The van der Waals surface area contributed by atoms with E-state index >= 15 is 0 Å². The second-order valence-corrected chi connectivity index (χ2v) is 3.69. The first kappa shape index (κ1) is 10.7. The Morgan fingerprint density at radius 1 is 1.19 bits per heavy atom. The molecule has 0 unspecified atom stereocenters. The van der Waals surface area contributed by atoms with Crippen molar-refractivity contribution in [1.82, 2.24) is 9.78 Å². The fraction of sp³-hybridized carbons (Fsp3) is 0.308. The molecule has 1 heterocycles. The van der Waals surface area contributed by atoms with Crippen molar-refractivity contribution in [2.45, 2.75) is 19.9 Å². The van der Waals surface area contributed by atoms with Crippen molar-refractivity contribution in [2.24, 2.45) is 0 Å². The summed E-state index contributed by atoms with van der Waals surface area (Å²) in [7, 11) is 0. The highest BCUT2D eigenvalue weighted by atomic mass is 16.5. The van der Waals surface area contributed by atoms with Crippen LogP contribution in [0.5, 0.6) is 5.88 Å². The van der Waals surface area contributed by atoms with Crippen molar-refractivity contribution in [3.63, 3.8) is 0 Å². The van der Waals surface area contributed by atoms with E-state index < -0.39 is 0 Å². The molecule has 0 bridgehead atoms. The number of hydrogen-bond acceptors (Lipinski definition) is 2. The van der Waals surface area contributed by atoms with Crippen molar-refractivity contribution in [3.05, 3.63) is 48.2 Å². The predicted octanol–water partition coefficient (Wildman–Crippen LogP) is 2.72. The Labute approximate surface area is 95.7 Å². The topological polar surface area (TPSA) is 27.1 Å². The highest BCUT2D eigenvalue weighted by Crippen LogP contribution is 2.08. The van der Waals surface area contributed by atoms with Crippen LogP contribution in [0.15, 0.2) is 42.6 Å². The van der Waals surface area contributed by atoms with Gasteiger partial charge in [0.1, 0.15) is 0 Å². The maximum Gasteiger partial charge on any atom is 0.232 e. The second-order valence-electron chi connectivity index (χ2n) is 3.69. The van der Waals surface area contributed by atoms with Gasteiger partial charge in [0.2, 0.25) is 5.88 Å². The Balaban J connectivity index is 1.97. The van der Waals surface area contributed by atoms with E-state index in [9.17, 15) is 0 Å².